The van der Waals surface area contributed by atoms with E-state index < -0.39 is 15.9 Å². The summed E-state index contributed by atoms with van der Waals surface area (Å²) in [7, 11) is -3.83. The Hall–Kier alpha value is -4.29. The maximum absolute atomic E-state index is 13.2. The Kier molecular flexibility index (Phi) is 7.07. The molecule has 1 aliphatic heterocycles. The van der Waals surface area contributed by atoms with Crippen LogP contribution in [0.5, 0.6) is 5.75 Å². The summed E-state index contributed by atoms with van der Waals surface area (Å²) in [6.45, 7) is 1.11. The minimum Gasteiger partial charge on any atom is -0.492 e. The third kappa shape index (κ3) is 5.08. The van der Waals surface area contributed by atoms with Crippen molar-refractivity contribution in [3.05, 3.63) is 83.4 Å². The highest BCUT2D eigenvalue weighted by molar-refractivity contribution is 7.89. The summed E-state index contributed by atoms with van der Waals surface area (Å²) in [5.74, 6) is -0.323. The third-order valence-electron chi connectivity index (χ3n) is 6.37. The van der Waals surface area contributed by atoms with Gasteiger partial charge in [-0.25, -0.2) is 13.0 Å². The van der Waals surface area contributed by atoms with E-state index in [2.05, 4.69) is 10.3 Å². The monoisotopic (exact) mass is 535 g/mol. The zero-order valence-electron chi connectivity index (χ0n) is 20.3. The second-order valence-electron chi connectivity index (χ2n) is 8.74. The number of hydrogen-bond donors (Lipinski definition) is 1. The Morgan fingerprint density at radius 1 is 0.947 bits per heavy atom. The van der Waals surface area contributed by atoms with Gasteiger partial charge in [0.1, 0.15) is 16.2 Å². The van der Waals surface area contributed by atoms with Crippen LogP contribution in [0.25, 0.3) is 11.0 Å². The fraction of sp³-hybridized carbons (Fsp3) is 0.231. The molecule has 0 unspecified atom stereocenters. The molecular weight excluding hydrogens is 510 g/mol. The van der Waals surface area contributed by atoms with E-state index in [9.17, 15) is 18.0 Å². The zero-order valence-corrected chi connectivity index (χ0v) is 21.1. The first-order chi connectivity index (χ1) is 18.3. The number of rotatable bonds is 8. The van der Waals surface area contributed by atoms with Crippen molar-refractivity contribution in [2.24, 2.45) is 5.73 Å². The van der Waals surface area contributed by atoms with E-state index in [-0.39, 0.29) is 42.5 Å². The predicted molar refractivity (Wildman–Crippen MR) is 137 cm³/mol. The second kappa shape index (κ2) is 10.6. The molecule has 196 valence electrons. The Bertz CT molecular complexity index is 1590. The molecule has 5 rings (SSSR count). The second-order valence-corrected chi connectivity index (χ2v) is 10.6. The van der Waals surface area contributed by atoms with Crippen molar-refractivity contribution >= 4 is 32.9 Å². The minimum absolute atomic E-state index is 0.0319. The number of nitrogens with zero attached hydrogens (tertiary/aromatic N) is 4. The van der Waals surface area contributed by atoms with Gasteiger partial charge in [-0.15, -0.1) is 0 Å². The molecule has 1 aromatic heterocycles. The van der Waals surface area contributed by atoms with Crippen LogP contribution >= 0.6 is 0 Å². The summed E-state index contributed by atoms with van der Waals surface area (Å²) in [6.07, 6.45) is 0.517. The van der Waals surface area contributed by atoms with E-state index in [1.165, 1.54) is 10.4 Å². The normalized spacial score (nSPS) is 14.5. The lowest BCUT2D eigenvalue weighted by Gasteiger charge is -2.34. The number of para-hydroxylation sites is 1. The first-order valence-electron chi connectivity index (χ1n) is 12.0. The molecule has 4 aromatic rings. The van der Waals surface area contributed by atoms with Gasteiger partial charge in [0.05, 0.1) is 12.2 Å². The van der Waals surface area contributed by atoms with Gasteiger partial charge in [0.15, 0.2) is 5.52 Å². The Labute approximate surface area is 218 Å². The molecule has 11 nitrogen and oxygen atoms in total. The molecule has 0 bridgehead atoms. The Balaban J connectivity index is 1.20. The summed E-state index contributed by atoms with van der Waals surface area (Å²) in [4.78, 5) is 26.4. The molecule has 2 amide bonds. The lowest BCUT2D eigenvalue weighted by Crippen LogP contribution is -2.50. The Morgan fingerprint density at radius 2 is 1.71 bits per heavy atom. The van der Waals surface area contributed by atoms with E-state index in [0.717, 1.165) is 5.56 Å². The first kappa shape index (κ1) is 25.4. The fourth-order valence-corrected chi connectivity index (χ4v) is 5.94. The number of hydrogen-bond acceptors (Lipinski definition) is 8. The van der Waals surface area contributed by atoms with Gasteiger partial charge in [-0.2, -0.15) is 4.31 Å². The smallest absolute Gasteiger partial charge is 0.253 e. The van der Waals surface area contributed by atoms with E-state index in [1.807, 2.05) is 6.07 Å². The van der Waals surface area contributed by atoms with Gasteiger partial charge < -0.3 is 15.4 Å². The molecule has 0 atom stereocenters. The highest BCUT2D eigenvalue weighted by Crippen LogP contribution is 2.25. The van der Waals surface area contributed by atoms with Crippen molar-refractivity contribution < 1.29 is 27.4 Å². The maximum atomic E-state index is 13.2. The number of ether oxygens (including phenoxy) is 1. The number of fused-ring (bicyclic) bond motifs is 1. The van der Waals surface area contributed by atoms with Crippen LogP contribution in [-0.4, -0.2) is 72.5 Å². The predicted octanol–water partition coefficient (Wildman–Crippen LogP) is 2.09. The molecule has 2 N–H and O–H groups in total. The number of piperazine rings is 1. The topological polar surface area (TPSA) is 149 Å². The summed E-state index contributed by atoms with van der Waals surface area (Å²) < 4.78 is 38.2. The van der Waals surface area contributed by atoms with Crippen LogP contribution < -0.4 is 10.5 Å². The van der Waals surface area contributed by atoms with Crippen LogP contribution in [0.2, 0.25) is 0 Å². The van der Waals surface area contributed by atoms with Crippen molar-refractivity contribution in [3.63, 3.8) is 0 Å². The SMILES string of the molecule is NC(=O)c1ccccc1OCCc1cccc(C(=O)N2CCN(S(=O)(=O)c3cccc4nonc34)CC2)c1. The number of carbonyl (C=O) groups is 2. The molecule has 1 fully saturated rings. The highest BCUT2D eigenvalue weighted by atomic mass is 32.2. The number of amides is 2. The zero-order chi connectivity index (χ0) is 26.7. The quantitative estimate of drug-likeness (QED) is 0.360. The molecule has 0 spiro atoms. The molecule has 1 aliphatic rings. The number of nitrogens with two attached hydrogens (primary N) is 1. The summed E-state index contributed by atoms with van der Waals surface area (Å²) in [5, 5.41) is 7.45. The van der Waals surface area contributed by atoms with Crippen molar-refractivity contribution in [1.82, 2.24) is 19.5 Å². The van der Waals surface area contributed by atoms with Crippen molar-refractivity contribution in [1.29, 1.82) is 0 Å². The van der Waals surface area contributed by atoms with Gasteiger partial charge in [0.25, 0.3) is 11.8 Å². The standard InChI is InChI=1S/C26H25N5O6S/c27-25(32)20-7-1-2-9-22(20)36-16-11-18-5-3-6-19(17-18)26(33)30-12-14-31(15-13-30)38(34,35)23-10-4-8-21-24(23)29-37-28-21/h1-10,17H,11-16H2,(H2,27,32). The van der Waals surface area contributed by atoms with Crippen molar-refractivity contribution in [2.45, 2.75) is 11.3 Å². The minimum atomic E-state index is -3.83. The van der Waals surface area contributed by atoms with E-state index >= 15 is 0 Å². The maximum Gasteiger partial charge on any atom is 0.253 e. The number of carbonyl (C=O) groups excluding carboxylic acids is 2. The van der Waals surface area contributed by atoms with Crippen LogP contribution in [0, 0.1) is 0 Å². The number of primary amides is 1. The number of aromatic nitrogens is 2. The van der Waals surface area contributed by atoms with Crippen LogP contribution in [0.15, 0.2) is 76.3 Å². The molecule has 0 saturated carbocycles. The summed E-state index contributed by atoms with van der Waals surface area (Å²) >= 11 is 0. The molecular formula is C26H25N5O6S. The molecule has 1 saturated heterocycles. The molecule has 2 heterocycles. The molecule has 0 aliphatic carbocycles. The van der Waals surface area contributed by atoms with Crippen molar-refractivity contribution in [2.75, 3.05) is 32.8 Å². The largest absolute Gasteiger partial charge is 0.492 e. The average molecular weight is 536 g/mol. The lowest BCUT2D eigenvalue weighted by atomic mass is 10.1. The van der Waals surface area contributed by atoms with Crippen LogP contribution in [0.1, 0.15) is 26.3 Å². The van der Waals surface area contributed by atoms with Gasteiger partial charge in [-0.05, 0) is 52.3 Å². The number of sulfonamides is 1. The van der Waals surface area contributed by atoms with Gasteiger partial charge >= 0.3 is 0 Å². The molecule has 38 heavy (non-hydrogen) atoms. The van der Waals surface area contributed by atoms with Crippen LogP contribution in [0.3, 0.4) is 0 Å². The highest BCUT2D eigenvalue weighted by Gasteiger charge is 2.32. The van der Waals surface area contributed by atoms with E-state index in [0.29, 0.717) is 35.4 Å². The molecule has 0 radical (unpaired) electrons. The Morgan fingerprint density at radius 3 is 2.50 bits per heavy atom. The summed E-state index contributed by atoms with van der Waals surface area (Å²) in [6, 6.07) is 18.7. The number of benzene rings is 3. The van der Waals surface area contributed by atoms with E-state index in [4.69, 9.17) is 15.1 Å². The van der Waals surface area contributed by atoms with Gasteiger partial charge in [0.2, 0.25) is 10.0 Å². The fourth-order valence-electron chi connectivity index (χ4n) is 4.38. The van der Waals surface area contributed by atoms with Crippen LogP contribution in [0.4, 0.5) is 0 Å². The van der Waals surface area contributed by atoms with Gasteiger partial charge in [-0.1, -0.05) is 30.3 Å². The molecule has 3 aromatic carbocycles. The van der Waals surface area contributed by atoms with Crippen molar-refractivity contribution in [3.8, 4) is 5.75 Å². The lowest BCUT2D eigenvalue weighted by molar-refractivity contribution is 0.0697. The summed E-state index contributed by atoms with van der Waals surface area (Å²) in [5.41, 5.74) is 7.66. The molecule has 12 heteroatoms. The van der Waals surface area contributed by atoms with Gasteiger partial charge in [0, 0.05) is 38.2 Å². The third-order valence-corrected chi connectivity index (χ3v) is 8.30. The first-order valence-corrected chi connectivity index (χ1v) is 13.4. The average Bonchev–Trinajstić information content (AvgIpc) is 3.42. The van der Waals surface area contributed by atoms with E-state index in [1.54, 1.807) is 59.5 Å². The van der Waals surface area contributed by atoms with Gasteiger partial charge in [-0.3, -0.25) is 9.59 Å². The van der Waals surface area contributed by atoms with Crippen LogP contribution in [-0.2, 0) is 16.4 Å².